The number of nitrogens with two attached hydrogens (primary N) is 1. The maximum absolute atomic E-state index is 12.5. The highest BCUT2D eigenvalue weighted by atomic mass is 16.6. The molecule has 1 amide bonds. The molecule has 2 atom stereocenters. The second kappa shape index (κ2) is 6.89. The molecule has 1 aliphatic heterocycles. The van der Waals surface area contributed by atoms with Gasteiger partial charge < -0.3 is 15.2 Å². The van der Waals surface area contributed by atoms with Crippen molar-refractivity contribution in [1.29, 1.82) is 0 Å². The third-order valence-electron chi connectivity index (χ3n) is 4.00. The first-order chi connectivity index (χ1) is 10.7. The molecule has 0 bridgehead atoms. The molecule has 5 heteroatoms. The summed E-state index contributed by atoms with van der Waals surface area (Å²) in [5, 5.41) is 0. The third-order valence-corrected chi connectivity index (χ3v) is 4.00. The minimum Gasteiger partial charge on any atom is -0.444 e. The Morgan fingerprint density at radius 1 is 1.39 bits per heavy atom. The van der Waals surface area contributed by atoms with Crippen LogP contribution in [0.15, 0.2) is 18.2 Å². The van der Waals surface area contributed by atoms with Crippen molar-refractivity contribution in [2.45, 2.75) is 52.3 Å². The number of amides is 1. The minimum absolute atomic E-state index is 0.223. The third kappa shape index (κ3) is 4.45. The van der Waals surface area contributed by atoms with Gasteiger partial charge in [-0.1, -0.05) is 23.8 Å². The normalized spacial score (nSPS) is 20.3. The minimum atomic E-state index is -0.525. The van der Waals surface area contributed by atoms with Gasteiger partial charge in [-0.25, -0.2) is 4.79 Å². The lowest BCUT2D eigenvalue weighted by atomic mass is 9.93. The Bertz CT molecular complexity index is 566. The smallest absolute Gasteiger partial charge is 0.410 e. The summed E-state index contributed by atoms with van der Waals surface area (Å²) in [7, 11) is 0. The van der Waals surface area contributed by atoms with Gasteiger partial charge >= 0.3 is 6.09 Å². The van der Waals surface area contributed by atoms with Crippen LogP contribution in [0.5, 0.6) is 0 Å². The molecule has 2 rings (SSSR count). The number of carbonyl (C=O) groups excluding carboxylic acids is 1. The summed E-state index contributed by atoms with van der Waals surface area (Å²) >= 11 is 0. The van der Waals surface area contributed by atoms with Crippen LogP contribution in [0.25, 0.3) is 0 Å². The van der Waals surface area contributed by atoms with E-state index in [9.17, 15) is 4.79 Å². The van der Waals surface area contributed by atoms with E-state index in [-0.39, 0.29) is 18.2 Å². The van der Waals surface area contributed by atoms with Crippen molar-refractivity contribution >= 4 is 6.09 Å². The molecule has 1 aliphatic rings. The van der Waals surface area contributed by atoms with Gasteiger partial charge in [0.2, 0.25) is 0 Å². The molecule has 1 saturated heterocycles. The van der Waals surface area contributed by atoms with E-state index < -0.39 is 5.60 Å². The van der Waals surface area contributed by atoms with Gasteiger partial charge in [-0.3, -0.25) is 4.90 Å². The molecule has 0 aromatic heterocycles. The fourth-order valence-electron chi connectivity index (χ4n) is 2.79. The van der Waals surface area contributed by atoms with Gasteiger partial charge in [0.1, 0.15) is 5.60 Å². The van der Waals surface area contributed by atoms with Crippen LogP contribution in [0.1, 0.15) is 43.5 Å². The molecule has 1 fully saturated rings. The van der Waals surface area contributed by atoms with Crippen molar-refractivity contribution in [3.63, 3.8) is 0 Å². The average Bonchev–Trinajstić information content (AvgIpc) is 2.47. The number of hydrogen-bond donors (Lipinski definition) is 1. The van der Waals surface area contributed by atoms with Crippen LogP contribution in [-0.4, -0.2) is 42.4 Å². The molecular formula is C18H28N2O3. The summed E-state index contributed by atoms with van der Waals surface area (Å²) < 4.78 is 11.1. The zero-order valence-corrected chi connectivity index (χ0v) is 14.8. The van der Waals surface area contributed by atoms with Crippen molar-refractivity contribution < 1.29 is 14.3 Å². The number of aryl methyl sites for hydroxylation is 2. The standard InChI is InChI=1S/C18H28N2O3/c1-12-6-7-13(2)14(10-12)16(19)15-11-22-9-8-20(15)17(21)23-18(3,4)5/h6-7,10,15-16H,8-9,11,19H2,1-5H3. The maximum Gasteiger partial charge on any atom is 0.410 e. The highest BCUT2D eigenvalue weighted by Gasteiger charge is 2.35. The molecular weight excluding hydrogens is 292 g/mol. The summed E-state index contributed by atoms with van der Waals surface area (Å²) in [5.74, 6) is 0. The van der Waals surface area contributed by atoms with E-state index in [1.165, 1.54) is 0 Å². The number of nitrogens with zero attached hydrogens (tertiary/aromatic N) is 1. The molecule has 2 N–H and O–H groups in total. The van der Waals surface area contributed by atoms with E-state index in [1.54, 1.807) is 4.90 Å². The number of carbonyl (C=O) groups is 1. The predicted octanol–water partition coefficient (Wildman–Crippen LogP) is 2.94. The molecule has 23 heavy (non-hydrogen) atoms. The van der Waals surface area contributed by atoms with E-state index in [0.717, 1.165) is 16.7 Å². The zero-order valence-electron chi connectivity index (χ0n) is 14.8. The fraction of sp³-hybridized carbons (Fsp3) is 0.611. The lowest BCUT2D eigenvalue weighted by Gasteiger charge is -2.39. The Hall–Kier alpha value is -1.59. The van der Waals surface area contributed by atoms with Crippen molar-refractivity contribution in [2.75, 3.05) is 19.8 Å². The SMILES string of the molecule is Cc1ccc(C)c(C(N)C2COCCN2C(=O)OC(C)(C)C)c1. The quantitative estimate of drug-likeness (QED) is 0.910. The van der Waals surface area contributed by atoms with Crippen LogP contribution in [-0.2, 0) is 9.47 Å². The highest BCUT2D eigenvalue weighted by molar-refractivity contribution is 5.69. The van der Waals surface area contributed by atoms with Gasteiger partial charge in [0.15, 0.2) is 0 Å². The monoisotopic (exact) mass is 320 g/mol. The molecule has 1 aromatic carbocycles. The number of morpholine rings is 1. The van der Waals surface area contributed by atoms with Gasteiger partial charge in [0.05, 0.1) is 25.3 Å². The lowest BCUT2D eigenvalue weighted by Crippen LogP contribution is -2.54. The van der Waals surface area contributed by atoms with Crippen LogP contribution in [0, 0.1) is 13.8 Å². The van der Waals surface area contributed by atoms with E-state index in [0.29, 0.717) is 19.8 Å². The van der Waals surface area contributed by atoms with E-state index in [1.807, 2.05) is 34.6 Å². The van der Waals surface area contributed by atoms with E-state index in [2.05, 4.69) is 18.2 Å². The number of ether oxygens (including phenoxy) is 2. The summed E-state index contributed by atoms with van der Waals surface area (Å²) in [5.41, 5.74) is 9.30. The van der Waals surface area contributed by atoms with Crippen molar-refractivity contribution in [3.8, 4) is 0 Å². The summed E-state index contributed by atoms with van der Waals surface area (Å²) in [6.07, 6.45) is -0.327. The van der Waals surface area contributed by atoms with Gasteiger partial charge in [-0.15, -0.1) is 0 Å². The molecule has 1 heterocycles. The van der Waals surface area contributed by atoms with Crippen LogP contribution in [0.4, 0.5) is 4.79 Å². The lowest BCUT2D eigenvalue weighted by molar-refractivity contribution is -0.0382. The Morgan fingerprint density at radius 3 is 2.74 bits per heavy atom. The summed E-state index contributed by atoms with van der Waals surface area (Å²) in [6.45, 7) is 11.1. The number of benzene rings is 1. The molecule has 1 aromatic rings. The van der Waals surface area contributed by atoms with Gasteiger partial charge in [-0.05, 0) is 45.7 Å². The molecule has 5 nitrogen and oxygen atoms in total. The Labute approximate surface area is 138 Å². The maximum atomic E-state index is 12.5. The first-order valence-electron chi connectivity index (χ1n) is 8.09. The Morgan fingerprint density at radius 2 is 2.09 bits per heavy atom. The predicted molar refractivity (Wildman–Crippen MR) is 90.4 cm³/mol. The Kier molecular flexibility index (Phi) is 5.32. The molecule has 2 unspecified atom stereocenters. The topological polar surface area (TPSA) is 64.8 Å². The Balaban J connectivity index is 2.23. The van der Waals surface area contributed by atoms with Crippen LogP contribution < -0.4 is 5.73 Å². The first-order valence-corrected chi connectivity index (χ1v) is 8.09. The molecule has 0 radical (unpaired) electrons. The second-order valence-corrected chi connectivity index (χ2v) is 7.20. The average molecular weight is 320 g/mol. The van der Waals surface area contributed by atoms with Gasteiger partial charge in [0, 0.05) is 6.54 Å². The first kappa shape index (κ1) is 17.8. The largest absolute Gasteiger partial charge is 0.444 e. The van der Waals surface area contributed by atoms with Crippen LogP contribution in [0.3, 0.4) is 0 Å². The second-order valence-electron chi connectivity index (χ2n) is 7.20. The molecule has 128 valence electrons. The highest BCUT2D eigenvalue weighted by Crippen LogP contribution is 2.26. The fourth-order valence-corrected chi connectivity index (χ4v) is 2.79. The van der Waals surface area contributed by atoms with Crippen molar-refractivity contribution in [1.82, 2.24) is 4.90 Å². The summed E-state index contributed by atoms with van der Waals surface area (Å²) in [4.78, 5) is 14.2. The van der Waals surface area contributed by atoms with E-state index in [4.69, 9.17) is 15.2 Å². The molecule has 0 spiro atoms. The van der Waals surface area contributed by atoms with Crippen LogP contribution >= 0.6 is 0 Å². The molecule has 0 aliphatic carbocycles. The van der Waals surface area contributed by atoms with Crippen molar-refractivity contribution in [3.05, 3.63) is 34.9 Å². The number of hydrogen-bond acceptors (Lipinski definition) is 4. The van der Waals surface area contributed by atoms with Gasteiger partial charge in [0.25, 0.3) is 0 Å². The van der Waals surface area contributed by atoms with E-state index >= 15 is 0 Å². The molecule has 0 saturated carbocycles. The van der Waals surface area contributed by atoms with Crippen molar-refractivity contribution in [2.24, 2.45) is 5.73 Å². The zero-order chi connectivity index (χ0) is 17.2. The summed E-state index contributed by atoms with van der Waals surface area (Å²) in [6, 6.07) is 5.68. The van der Waals surface area contributed by atoms with Gasteiger partial charge in [-0.2, -0.15) is 0 Å². The van der Waals surface area contributed by atoms with Crippen LogP contribution in [0.2, 0.25) is 0 Å². The number of rotatable bonds is 2.